The van der Waals surface area contributed by atoms with Crippen LogP contribution >= 0.6 is 0 Å². The summed E-state index contributed by atoms with van der Waals surface area (Å²) < 4.78 is 0. The smallest absolute Gasteiger partial charge is 0.261 e. The van der Waals surface area contributed by atoms with Crippen molar-refractivity contribution in [3.8, 4) is 0 Å². The summed E-state index contributed by atoms with van der Waals surface area (Å²) in [7, 11) is 3.50. The van der Waals surface area contributed by atoms with E-state index in [1.807, 2.05) is 52.0 Å². The zero-order valence-electron chi connectivity index (χ0n) is 17.2. The molecule has 0 fully saturated rings. The molecule has 2 aliphatic heterocycles. The fourth-order valence-corrected chi connectivity index (χ4v) is 4.32. The van der Waals surface area contributed by atoms with Crippen LogP contribution in [-0.4, -0.2) is 35.7 Å². The number of hydrogen-bond acceptors (Lipinski definition) is 2. The average Bonchev–Trinajstić information content (AvgIpc) is 3.02. The van der Waals surface area contributed by atoms with Crippen molar-refractivity contribution in [1.82, 2.24) is 9.80 Å². The highest BCUT2D eigenvalue weighted by Gasteiger charge is 2.47. The second-order valence-electron chi connectivity index (χ2n) is 7.81. The van der Waals surface area contributed by atoms with Gasteiger partial charge in [-0.3, -0.25) is 9.59 Å². The maximum Gasteiger partial charge on any atom is 0.261 e. The zero-order valence-corrected chi connectivity index (χ0v) is 17.2. The Morgan fingerprint density at radius 2 is 0.964 bits per heavy atom. The van der Waals surface area contributed by atoms with Crippen LogP contribution in [0.2, 0.25) is 0 Å². The lowest BCUT2D eigenvalue weighted by atomic mass is 9.97. The van der Waals surface area contributed by atoms with E-state index in [-0.39, 0.29) is 11.8 Å². The van der Waals surface area contributed by atoms with Gasteiger partial charge in [0.25, 0.3) is 11.8 Å². The summed E-state index contributed by atoms with van der Waals surface area (Å²) in [6.07, 6.45) is 0. The van der Waals surface area contributed by atoms with Crippen molar-refractivity contribution >= 4 is 23.2 Å². The SMILES string of the molecule is Cc1ccc(C2=C3C(=O)N(C)C(c4ccc(C)cc4C)=C3C(=O)N2C)c(C)c1. The number of fused-ring (bicyclic) bond motifs is 1. The molecule has 0 aliphatic carbocycles. The van der Waals surface area contributed by atoms with E-state index in [4.69, 9.17) is 0 Å². The first kappa shape index (κ1) is 18.2. The molecule has 0 atom stereocenters. The van der Waals surface area contributed by atoms with Crippen LogP contribution in [-0.2, 0) is 9.59 Å². The van der Waals surface area contributed by atoms with E-state index in [1.54, 1.807) is 23.9 Å². The minimum atomic E-state index is -0.127. The Hall–Kier alpha value is -3.14. The third kappa shape index (κ3) is 2.44. The van der Waals surface area contributed by atoms with Gasteiger partial charge in [-0.25, -0.2) is 0 Å². The topological polar surface area (TPSA) is 40.6 Å². The molecule has 2 amide bonds. The van der Waals surface area contributed by atoms with Gasteiger partial charge in [0.1, 0.15) is 0 Å². The minimum Gasteiger partial charge on any atom is -0.310 e. The normalized spacial score (nSPS) is 16.6. The molecule has 28 heavy (non-hydrogen) atoms. The third-order valence-corrected chi connectivity index (χ3v) is 5.71. The molecule has 0 aromatic heterocycles. The van der Waals surface area contributed by atoms with Gasteiger partial charge in [-0.2, -0.15) is 0 Å². The van der Waals surface area contributed by atoms with Crippen LogP contribution in [0.1, 0.15) is 33.4 Å². The Bertz CT molecular complexity index is 1030. The first-order chi connectivity index (χ1) is 13.2. The molecular weight excluding hydrogens is 348 g/mol. The maximum atomic E-state index is 13.2. The highest BCUT2D eigenvalue weighted by atomic mass is 16.2. The van der Waals surface area contributed by atoms with Gasteiger partial charge in [-0.05, 0) is 38.8 Å². The van der Waals surface area contributed by atoms with Crippen LogP contribution in [0, 0.1) is 27.7 Å². The van der Waals surface area contributed by atoms with Crippen molar-refractivity contribution in [2.45, 2.75) is 27.7 Å². The summed E-state index contributed by atoms with van der Waals surface area (Å²) in [6.45, 7) is 8.11. The molecule has 142 valence electrons. The van der Waals surface area contributed by atoms with E-state index in [1.165, 1.54) is 0 Å². The van der Waals surface area contributed by atoms with Crippen molar-refractivity contribution in [3.05, 3.63) is 80.9 Å². The largest absolute Gasteiger partial charge is 0.310 e. The number of hydrogen-bond donors (Lipinski definition) is 0. The van der Waals surface area contributed by atoms with E-state index in [0.717, 1.165) is 33.4 Å². The number of rotatable bonds is 2. The summed E-state index contributed by atoms with van der Waals surface area (Å²) in [5.41, 5.74) is 8.70. The van der Waals surface area contributed by atoms with Crippen molar-refractivity contribution < 1.29 is 9.59 Å². The Morgan fingerprint density at radius 3 is 1.29 bits per heavy atom. The molecule has 0 bridgehead atoms. The molecular formula is C24H24N2O2. The quantitative estimate of drug-likeness (QED) is 0.800. The molecule has 0 radical (unpaired) electrons. The zero-order chi connectivity index (χ0) is 20.3. The highest BCUT2D eigenvalue weighted by Crippen LogP contribution is 2.46. The molecule has 4 rings (SSSR count). The van der Waals surface area contributed by atoms with E-state index in [0.29, 0.717) is 22.5 Å². The second-order valence-corrected chi connectivity index (χ2v) is 7.81. The fourth-order valence-electron chi connectivity index (χ4n) is 4.32. The monoisotopic (exact) mass is 372 g/mol. The molecule has 2 heterocycles. The van der Waals surface area contributed by atoms with Crippen molar-refractivity contribution in [2.75, 3.05) is 14.1 Å². The van der Waals surface area contributed by atoms with Crippen LogP contribution in [0.3, 0.4) is 0 Å². The molecule has 0 N–H and O–H groups in total. The van der Waals surface area contributed by atoms with E-state index < -0.39 is 0 Å². The van der Waals surface area contributed by atoms with Gasteiger partial charge in [-0.15, -0.1) is 0 Å². The van der Waals surface area contributed by atoms with Gasteiger partial charge >= 0.3 is 0 Å². The Kier molecular flexibility index (Phi) is 4.03. The standard InChI is InChI=1S/C24H24N2O2/c1-13-7-9-17(15(3)11-13)21-19-20(24(28)25(21)5)22(26(6)23(19)27)18-10-8-14(2)12-16(18)4/h7-12H,1-6H3. The molecule has 4 nitrogen and oxygen atoms in total. The molecule has 2 aliphatic rings. The maximum absolute atomic E-state index is 13.2. The summed E-state index contributed by atoms with van der Waals surface area (Å²) in [6, 6.07) is 12.2. The molecule has 0 spiro atoms. The van der Waals surface area contributed by atoms with Crippen molar-refractivity contribution in [2.24, 2.45) is 0 Å². The van der Waals surface area contributed by atoms with E-state index >= 15 is 0 Å². The summed E-state index contributed by atoms with van der Waals surface area (Å²) in [5.74, 6) is -0.254. The van der Waals surface area contributed by atoms with Gasteiger partial charge in [0.05, 0.1) is 22.5 Å². The Balaban J connectivity index is 2.03. The van der Waals surface area contributed by atoms with Crippen LogP contribution in [0.5, 0.6) is 0 Å². The molecule has 4 heteroatoms. The van der Waals surface area contributed by atoms with Crippen LogP contribution in [0.25, 0.3) is 11.4 Å². The van der Waals surface area contributed by atoms with Gasteiger partial charge in [0.15, 0.2) is 0 Å². The Labute approximate surface area is 165 Å². The number of carbonyl (C=O) groups is 2. The molecule has 0 saturated heterocycles. The summed E-state index contributed by atoms with van der Waals surface area (Å²) >= 11 is 0. The van der Waals surface area contributed by atoms with Gasteiger partial charge in [0.2, 0.25) is 0 Å². The molecule has 2 aromatic rings. The first-order valence-electron chi connectivity index (χ1n) is 9.42. The lowest BCUT2D eigenvalue weighted by Crippen LogP contribution is -2.25. The highest BCUT2D eigenvalue weighted by molar-refractivity contribution is 6.30. The van der Waals surface area contributed by atoms with Crippen LogP contribution < -0.4 is 0 Å². The van der Waals surface area contributed by atoms with Gasteiger partial charge in [0, 0.05) is 25.2 Å². The van der Waals surface area contributed by atoms with Gasteiger partial charge < -0.3 is 9.80 Å². The lowest BCUT2D eigenvalue weighted by molar-refractivity contribution is -0.123. The number of likely N-dealkylation sites (N-methyl/N-ethyl adjacent to an activating group) is 2. The van der Waals surface area contributed by atoms with Crippen LogP contribution in [0.15, 0.2) is 47.5 Å². The molecule has 0 saturated carbocycles. The Morgan fingerprint density at radius 1 is 0.607 bits per heavy atom. The predicted octanol–water partition coefficient (Wildman–Crippen LogP) is 3.99. The second kappa shape index (κ2) is 6.20. The predicted molar refractivity (Wildman–Crippen MR) is 111 cm³/mol. The summed E-state index contributed by atoms with van der Waals surface area (Å²) in [5, 5.41) is 0. The number of aryl methyl sites for hydroxylation is 4. The van der Waals surface area contributed by atoms with Crippen molar-refractivity contribution in [1.29, 1.82) is 0 Å². The number of carbonyl (C=O) groups excluding carboxylic acids is 2. The summed E-state index contributed by atoms with van der Waals surface area (Å²) in [4.78, 5) is 29.7. The number of amides is 2. The first-order valence-corrected chi connectivity index (χ1v) is 9.42. The number of nitrogens with zero attached hydrogens (tertiary/aromatic N) is 2. The van der Waals surface area contributed by atoms with Gasteiger partial charge in [-0.1, -0.05) is 47.5 Å². The van der Waals surface area contributed by atoms with Crippen LogP contribution in [0.4, 0.5) is 0 Å². The number of benzene rings is 2. The third-order valence-electron chi connectivity index (χ3n) is 5.71. The lowest BCUT2D eigenvalue weighted by Gasteiger charge is -2.21. The van der Waals surface area contributed by atoms with E-state index in [9.17, 15) is 9.59 Å². The fraction of sp³-hybridized carbons (Fsp3) is 0.250. The molecule has 0 unspecified atom stereocenters. The van der Waals surface area contributed by atoms with Crippen molar-refractivity contribution in [3.63, 3.8) is 0 Å². The average molecular weight is 372 g/mol. The van der Waals surface area contributed by atoms with E-state index in [2.05, 4.69) is 12.1 Å². The molecule has 2 aromatic carbocycles. The minimum absolute atomic E-state index is 0.127.